The summed E-state index contributed by atoms with van der Waals surface area (Å²) in [6, 6.07) is 5.82. The Morgan fingerprint density at radius 3 is 3.06 bits per heavy atom. The van der Waals surface area contributed by atoms with Crippen LogP contribution < -0.4 is 5.56 Å². The van der Waals surface area contributed by atoms with Crippen molar-refractivity contribution in [2.24, 2.45) is 0 Å². The smallest absolute Gasteiger partial charge is 0.259 e. The molecule has 5 heteroatoms. The van der Waals surface area contributed by atoms with Crippen molar-refractivity contribution in [3.05, 3.63) is 62.6 Å². The third-order valence-corrected chi connectivity index (χ3v) is 4.02. The zero-order chi connectivity index (χ0) is 12.5. The molecule has 0 aliphatic carbocycles. The minimum Gasteiger partial charge on any atom is -0.310 e. The van der Waals surface area contributed by atoms with E-state index in [9.17, 15) is 4.79 Å². The summed E-state index contributed by atoms with van der Waals surface area (Å²) in [5.41, 5.74) is 1.05. The number of aromatic nitrogens is 2. The molecule has 3 nitrogen and oxygen atoms in total. The van der Waals surface area contributed by atoms with Crippen LogP contribution in [0.5, 0.6) is 0 Å². The molecule has 0 N–H and O–H groups in total. The first-order valence-electron chi connectivity index (χ1n) is 5.40. The van der Waals surface area contributed by atoms with E-state index < -0.39 is 0 Å². The third-order valence-electron chi connectivity index (χ3n) is 2.71. The van der Waals surface area contributed by atoms with E-state index in [0.29, 0.717) is 6.54 Å². The van der Waals surface area contributed by atoms with E-state index in [1.165, 1.54) is 0 Å². The number of halogens is 1. The Morgan fingerprint density at radius 2 is 2.22 bits per heavy atom. The topological polar surface area (TPSA) is 34.9 Å². The average Bonchev–Trinajstić information content (AvgIpc) is 2.82. The summed E-state index contributed by atoms with van der Waals surface area (Å²) in [6.07, 6.45) is 5.34. The maximum absolute atomic E-state index is 12.2. The van der Waals surface area contributed by atoms with Crippen molar-refractivity contribution in [3.8, 4) is 0 Å². The van der Waals surface area contributed by atoms with E-state index in [1.807, 2.05) is 29.8 Å². The first-order chi connectivity index (χ1) is 8.74. The molecule has 0 atom stereocenters. The minimum atomic E-state index is 0.0497. The normalized spacial score (nSPS) is 10.9. The van der Waals surface area contributed by atoms with Crippen LogP contribution in [-0.4, -0.2) is 9.55 Å². The molecule has 0 spiro atoms. The van der Waals surface area contributed by atoms with Gasteiger partial charge >= 0.3 is 0 Å². The first-order valence-corrected chi connectivity index (χ1v) is 7.07. The lowest BCUT2D eigenvalue weighted by molar-refractivity contribution is 0.764. The molecule has 0 fully saturated rings. The fraction of sp³-hybridized carbons (Fsp3) is 0.0769. The van der Waals surface area contributed by atoms with Crippen molar-refractivity contribution in [3.63, 3.8) is 0 Å². The number of rotatable bonds is 2. The van der Waals surface area contributed by atoms with E-state index >= 15 is 0 Å². The predicted molar refractivity (Wildman–Crippen MR) is 77.1 cm³/mol. The molecule has 0 amide bonds. The Hall–Kier alpha value is -1.46. The lowest BCUT2D eigenvalue weighted by Crippen LogP contribution is -2.19. The van der Waals surface area contributed by atoms with Gasteiger partial charge in [0, 0.05) is 27.8 Å². The highest BCUT2D eigenvalue weighted by Gasteiger charge is 2.04. The zero-order valence-electron chi connectivity index (χ0n) is 9.34. The van der Waals surface area contributed by atoms with Gasteiger partial charge in [0.05, 0.1) is 11.9 Å². The number of pyridine rings is 2. The molecule has 0 unspecified atom stereocenters. The summed E-state index contributed by atoms with van der Waals surface area (Å²) >= 11 is 4.97. The summed E-state index contributed by atoms with van der Waals surface area (Å²) in [5.74, 6) is 0. The molecule has 0 saturated heterocycles. The van der Waals surface area contributed by atoms with Crippen molar-refractivity contribution >= 4 is 37.4 Å². The first kappa shape index (κ1) is 11.6. The minimum absolute atomic E-state index is 0.0497. The van der Waals surface area contributed by atoms with Crippen LogP contribution in [0.25, 0.3) is 10.1 Å². The molecule has 18 heavy (non-hydrogen) atoms. The van der Waals surface area contributed by atoms with Crippen LogP contribution >= 0.6 is 27.3 Å². The molecule has 0 radical (unpaired) electrons. The molecule has 0 aliphatic heterocycles. The second-order valence-corrected chi connectivity index (χ2v) is 5.82. The van der Waals surface area contributed by atoms with E-state index in [4.69, 9.17) is 0 Å². The highest BCUT2D eigenvalue weighted by molar-refractivity contribution is 9.10. The molecule has 3 aromatic rings. The lowest BCUT2D eigenvalue weighted by atomic mass is 10.2. The highest BCUT2D eigenvalue weighted by atomic mass is 79.9. The molecule has 3 heterocycles. The SMILES string of the molecule is O=c1c2ccsc2ccn1Cc1cncc(Br)c1. The predicted octanol–water partition coefficient (Wildman–Crippen LogP) is 3.27. The molecular formula is C13H9BrN2OS. The van der Waals surface area contributed by atoms with Gasteiger partial charge in [-0.15, -0.1) is 11.3 Å². The summed E-state index contributed by atoms with van der Waals surface area (Å²) in [7, 11) is 0. The van der Waals surface area contributed by atoms with Gasteiger partial charge in [0.1, 0.15) is 0 Å². The van der Waals surface area contributed by atoms with Gasteiger partial charge in [0.2, 0.25) is 0 Å². The molecule has 0 saturated carbocycles. The zero-order valence-corrected chi connectivity index (χ0v) is 11.7. The number of fused-ring (bicyclic) bond motifs is 1. The summed E-state index contributed by atoms with van der Waals surface area (Å²) in [4.78, 5) is 16.3. The standard InChI is InChI=1S/C13H9BrN2OS/c14-10-5-9(6-15-7-10)8-16-3-1-12-11(13(16)17)2-4-18-12/h1-7H,8H2. The summed E-state index contributed by atoms with van der Waals surface area (Å²) in [6.45, 7) is 0.539. The Morgan fingerprint density at radius 1 is 1.33 bits per heavy atom. The number of thiophene rings is 1. The Kier molecular flexibility index (Phi) is 3.01. The van der Waals surface area contributed by atoms with Crippen LogP contribution in [0, 0.1) is 0 Å². The monoisotopic (exact) mass is 320 g/mol. The average molecular weight is 321 g/mol. The Bertz CT molecular complexity index is 763. The van der Waals surface area contributed by atoms with Crippen molar-refractivity contribution in [2.45, 2.75) is 6.54 Å². The van der Waals surface area contributed by atoms with Gasteiger partial charge in [0.25, 0.3) is 5.56 Å². The second kappa shape index (κ2) is 4.66. The van der Waals surface area contributed by atoms with Gasteiger partial charge in [0.15, 0.2) is 0 Å². The van der Waals surface area contributed by atoms with Crippen LogP contribution in [0.3, 0.4) is 0 Å². The molecule has 3 rings (SSSR count). The van der Waals surface area contributed by atoms with Gasteiger partial charge in [-0.3, -0.25) is 9.78 Å². The fourth-order valence-electron chi connectivity index (χ4n) is 1.87. The summed E-state index contributed by atoms with van der Waals surface area (Å²) in [5, 5.41) is 2.72. The highest BCUT2D eigenvalue weighted by Crippen LogP contribution is 2.17. The Labute approximate surface area is 116 Å². The van der Waals surface area contributed by atoms with E-state index in [-0.39, 0.29) is 5.56 Å². The maximum Gasteiger partial charge on any atom is 0.259 e. The third kappa shape index (κ3) is 2.11. The van der Waals surface area contributed by atoms with Gasteiger partial charge in [-0.1, -0.05) is 0 Å². The van der Waals surface area contributed by atoms with Gasteiger partial charge in [-0.2, -0.15) is 0 Å². The van der Waals surface area contributed by atoms with Gasteiger partial charge < -0.3 is 4.57 Å². The van der Waals surface area contributed by atoms with E-state index in [0.717, 1.165) is 20.1 Å². The summed E-state index contributed by atoms with van der Waals surface area (Å²) < 4.78 is 3.66. The lowest BCUT2D eigenvalue weighted by Gasteiger charge is -2.05. The van der Waals surface area contributed by atoms with Crippen LogP contribution in [-0.2, 0) is 6.54 Å². The number of hydrogen-bond acceptors (Lipinski definition) is 3. The quantitative estimate of drug-likeness (QED) is 0.726. The Balaban J connectivity index is 2.05. The van der Waals surface area contributed by atoms with Crippen molar-refractivity contribution in [1.29, 1.82) is 0 Å². The maximum atomic E-state index is 12.2. The fourth-order valence-corrected chi connectivity index (χ4v) is 3.06. The van der Waals surface area contributed by atoms with Crippen molar-refractivity contribution in [2.75, 3.05) is 0 Å². The molecule has 0 aromatic carbocycles. The number of nitrogens with zero attached hydrogens (tertiary/aromatic N) is 2. The van der Waals surface area contributed by atoms with Gasteiger partial charge in [-0.25, -0.2) is 0 Å². The van der Waals surface area contributed by atoms with Crippen LogP contribution in [0.1, 0.15) is 5.56 Å². The van der Waals surface area contributed by atoms with Crippen LogP contribution in [0.15, 0.2) is 51.4 Å². The van der Waals surface area contributed by atoms with Crippen LogP contribution in [0.2, 0.25) is 0 Å². The number of hydrogen-bond donors (Lipinski definition) is 0. The molecule has 3 aromatic heterocycles. The largest absolute Gasteiger partial charge is 0.310 e. The van der Waals surface area contributed by atoms with Crippen molar-refractivity contribution < 1.29 is 0 Å². The van der Waals surface area contributed by atoms with E-state index in [2.05, 4.69) is 20.9 Å². The van der Waals surface area contributed by atoms with Crippen molar-refractivity contribution in [1.82, 2.24) is 9.55 Å². The van der Waals surface area contributed by atoms with Gasteiger partial charge in [-0.05, 0) is 45.1 Å². The van der Waals surface area contributed by atoms with E-state index in [1.54, 1.807) is 28.3 Å². The molecular weight excluding hydrogens is 312 g/mol. The molecule has 90 valence electrons. The van der Waals surface area contributed by atoms with Crippen LogP contribution in [0.4, 0.5) is 0 Å². The second-order valence-electron chi connectivity index (χ2n) is 3.96. The molecule has 0 aliphatic rings. The molecule has 0 bridgehead atoms.